The van der Waals surface area contributed by atoms with Crippen LogP contribution < -0.4 is 10.6 Å². The van der Waals surface area contributed by atoms with Crippen LogP contribution in [0, 0.1) is 0 Å². The molecule has 1 aromatic heterocycles. The van der Waals surface area contributed by atoms with E-state index in [1.165, 1.54) is 0 Å². The van der Waals surface area contributed by atoms with Crippen LogP contribution in [0.15, 0.2) is 34.8 Å². The summed E-state index contributed by atoms with van der Waals surface area (Å²) < 4.78 is 1.05. The van der Waals surface area contributed by atoms with Gasteiger partial charge < -0.3 is 10.6 Å². The molecule has 3 nitrogen and oxygen atoms in total. The molecule has 2 N–H and O–H groups in total. The van der Waals surface area contributed by atoms with Gasteiger partial charge in [-0.1, -0.05) is 51.3 Å². The average molecular weight is 389 g/mol. The molecule has 2 aromatic rings. The van der Waals surface area contributed by atoms with Crippen molar-refractivity contribution < 1.29 is 0 Å². The Hall–Kier alpha value is -0.970. The molecular weight excluding hydrogens is 373 g/mol. The minimum absolute atomic E-state index is 0.0822. The maximum absolute atomic E-state index is 6.21. The molecule has 0 aliphatic carbocycles. The first kappa shape index (κ1) is 16.4. The Balaban J connectivity index is 2.22. The number of pyridine rings is 1. The van der Waals surface area contributed by atoms with E-state index in [4.69, 9.17) is 23.2 Å². The molecule has 1 aromatic carbocycles. The summed E-state index contributed by atoms with van der Waals surface area (Å²) in [6.45, 7) is 4.79. The molecule has 1 atom stereocenters. The van der Waals surface area contributed by atoms with E-state index in [1.54, 1.807) is 6.07 Å². The van der Waals surface area contributed by atoms with Crippen LogP contribution >= 0.6 is 39.1 Å². The summed E-state index contributed by atoms with van der Waals surface area (Å²) in [5, 5.41) is 7.45. The van der Waals surface area contributed by atoms with E-state index >= 15 is 0 Å². The quantitative estimate of drug-likeness (QED) is 0.683. The van der Waals surface area contributed by atoms with Gasteiger partial charge in [0.15, 0.2) is 0 Å². The van der Waals surface area contributed by atoms with Crippen LogP contribution in [0.2, 0.25) is 10.0 Å². The molecule has 2 rings (SSSR count). The summed E-state index contributed by atoms with van der Waals surface area (Å²) in [5.74, 6) is 1.25. The second kappa shape index (κ2) is 7.34. The number of hydrogen-bond acceptors (Lipinski definition) is 3. The molecule has 0 amide bonds. The third kappa shape index (κ3) is 4.25. The molecule has 0 saturated heterocycles. The minimum Gasteiger partial charge on any atom is -0.369 e. The number of benzene rings is 1. The van der Waals surface area contributed by atoms with Gasteiger partial charge in [0.25, 0.3) is 0 Å². The molecule has 0 spiro atoms. The van der Waals surface area contributed by atoms with Gasteiger partial charge in [-0.05, 0) is 37.6 Å². The zero-order valence-electron chi connectivity index (χ0n) is 11.8. The number of halogens is 3. The Morgan fingerprint density at radius 1 is 1.14 bits per heavy atom. The highest BCUT2D eigenvalue weighted by Gasteiger charge is 2.12. The van der Waals surface area contributed by atoms with Gasteiger partial charge in [0.1, 0.15) is 11.6 Å². The van der Waals surface area contributed by atoms with Gasteiger partial charge in [-0.15, -0.1) is 0 Å². The maximum atomic E-state index is 6.21. The fourth-order valence-electron chi connectivity index (χ4n) is 1.90. The zero-order chi connectivity index (χ0) is 15.4. The maximum Gasteiger partial charge on any atom is 0.147 e. The van der Waals surface area contributed by atoms with Crippen molar-refractivity contribution in [1.82, 2.24) is 4.98 Å². The summed E-state index contributed by atoms with van der Waals surface area (Å²) in [7, 11) is 0. The lowest BCUT2D eigenvalue weighted by molar-refractivity contribution is 0.874. The number of hydrogen-bond donors (Lipinski definition) is 2. The second-order valence-corrected chi connectivity index (χ2v) is 6.33. The summed E-state index contributed by atoms with van der Waals surface area (Å²) >= 11 is 15.8. The van der Waals surface area contributed by atoms with Gasteiger partial charge in [-0.2, -0.15) is 0 Å². The fourth-order valence-corrected chi connectivity index (χ4v) is 2.64. The normalized spacial score (nSPS) is 12.0. The summed E-state index contributed by atoms with van der Waals surface area (Å²) in [6, 6.07) is 9.90. The number of nitrogens with one attached hydrogen (secondary N) is 2. The lowest BCUT2D eigenvalue weighted by Gasteiger charge is -2.17. The smallest absolute Gasteiger partial charge is 0.147 e. The SMILES string of the molecule is CCNc1nc(NC(C)c2ccc(Br)cc2)c(Cl)cc1Cl. The third-order valence-corrected chi connectivity index (χ3v) is 4.10. The van der Waals surface area contributed by atoms with Gasteiger partial charge in [-0.25, -0.2) is 4.98 Å². The van der Waals surface area contributed by atoms with Crippen molar-refractivity contribution in [3.63, 3.8) is 0 Å². The predicted molar refractivity (Wildman–Crippen MR) is 94.6 cm³/mol. The van der Waals surface area contributed by atoms with Crippen LogP contribution in [-0.2, 0) is 0 Å². The summed E-state index contributed by atoms with van der Waals surface area (Å²) in [4.78, 5) is 4.45. The van der Waals surface area contributed by atoms with E-state index < -0.39 is 0 Å². The predicted octanol–water partition coefficient (Wildman–Crippen LogP) is 5.76. The number of anilines is 2. The molecule has 0 fully saturated rings. The Bertz CT molecular complexity index is 617. The molecule has 1 heterocycles. The van der Waals surface area contributed by atoms with E-state index in [-0.39, 0.29) is 6.04 Å². The van der Waals surface area contributed by atoms with Crippen molar-refractivity contribution in [2.75, 3.05) is 17.2 Å². The van der Waals surface area contributed by atoms with Crippen LogP contribution in [0.25, 0.3) is 0 Å². The summed E-state index contributed by atoms with van der Waals surface area (Å²) in [5.41, 5.74) is 1.15. The van der Waals surface area contributed by atoms with Crippen LogP contribution in [-0.4, -0.2) is 11.5 Å². The largest absolute Gasteiger partial charge is 0.369 e. The number of aromatic nitrogens is 1. The van der Waals surface area contributed by atoms with E-state index in [0.717, 1.165) is 16.6 Å². The third-order valence-electron chi connectivity index (χ3n) is 3.00. The molecular formula is C15H16BrCl2N3. The Labute approximate surface area is 143 Å². The van der Waals surface area contributed by atoms with Gasteiger partial charge in [0.05, 0.1) is 10.0 Å². The van der Waals surface area contributed by atoms with Crippen molar-refractivity contribution in [2.45, 2.75) is 19.9 Å². The van der Waals surface area contributed by atoms with Crippen LogP contribution in [0.5, 0.6) is 0 Å². The van der Waals surface area contributed by atoms with E-state index in [0.29, 0.717) is 21.7 Å². The van der Waals surface area contributed by atoms with Crippen molar-refractivity contribution >= 4 is 50.8 Å². The summed E-state index contributed by atoms with van der Waals surface area (Å²) in [6.07, 6.45) is 0. The molecule has 0 radical (unpaired) electrons. The lowest BCUT2D eigenvalue weighted by atomic mass is 10.1. The topological polar surface area (TPSA) is 37.0 Å². The van der Waals surface area contributed by atoms with Crippen molar-refractivity contribution in [2.24, 2.45) is 0 Å². The minimum atomic E-state index is 0.0822. The highest BCUT2D eigenvalue weighted by atomic mass is 79.9. The van der Waals surface area contributed by atoms with Crippen molar-refractivity contribution in [3.8, 4) is 0 Å². The first-order valence-corrected chi connectivity index (χ1v) is 8.18. The standard InChI is InChI=1S/C15H16BrCl2N3/c1-3-19-14-12(17)8-13(18)15(21-14)20-9(2)10-4-6-11(16)7-5-10/h4-9H,3H2,1-2H3,(H2,19,20,21). The highest BCUT2D eigenvalue weighted by molar-refractivity contribution is 9.10. The van der Waals surface area contributed by atoms with E-state index in [2.05, 4.69) is 50.6 Å². The van der Waals surface area contributed by atoms with Crippen molar-refractivity contribution in [3.05, 3.63) is 50.4 Å². The number of nitrogens with zero attached hydrogens (tertiary/aromatic N) is 1. The monoisotopic (exact) mass is 387 g/mol. The van der Waals surface area contributed by atoms with Gasteiger partial charge >= 0.3 is 0 Å². The molecule has 0 saturated carbocycles. The molecule has 0 aliphatic heterocycles. The van der Waals surface area contributed by atoms with Crippen LogP contribution in [0.3, 0.4) is 0 Å². The molecule has 112 valence electrons. The Morgan fingerprint density at radius 2 is 1.76 bits per heavy atom. The first-order chi connectivity index (χ1) is 10.0. The fraction of sp³-hybridized carbons (Fsp3) is 0.267. The van der Waals surface area contributed by atoms with Crippen molar-refractivity contribution in [1.29, 1.82) is 0 Å². The highest BCUT2D eigenvalue weighted by Crippen LogP contribution is 2.31. The molecule has 0 aliphatic rings. The van der Waals surface area contributed by atoms with Crippen LogP contribution in [0.1, 0.15) is 25.5 Å². The average Bonchev–Trinajstić information content (AvgIpc) is 2.45. The molecule has 0 bridgehead atoms. The first-order valence-electron chi connectivity index (χ1n) is 6.63. The Morgan fingerprint density at radius 3 is 2.38 bits per heavy atom. The zero-order valence-corrected chi connectivity index (χ0v) is 14.9. The van der Waals surface area contributed by atoms with E-state index in [9.17, 15) is 0 Å². The van der Waals surface area contributed by atoms with Gasteiger partial charge in [0.2, 0.25) is 0 Å². The Kier molecular flexibility index (Phi) is 5.73. The van der Waals surface area contributed by atoms with Gasteiger partial charge in [0, 0.05) is 17.1 Å². The molecule has 21 heavy (non-hydrogen) atoms. The van der Waals surface area contributed by atoms with Crippen LogP contribution in [0.4, 0.5) is 11.6 Å². The number of rotatable bonds is 5. The molecule has 6 heteroatoms. The second-order valence-electron chi connectivity index (χ2n) is 4.60. The van der Waals surface area contributed by atoms with E-state index in [1.807, 2.05) is 19.1 Å². The van der Waals surface area contributed by atoms with Gasteiger partial charge in [-0.3, -0.25) is 0 Å². The molecule has 1 unspecified atom stereocenters. The lowest BCUT2D eigenvalue weighted by Crippen LogP contribution is -2.10.